The highest BCUT2D eigenvalue weighted by molar-refractivity contribution is 5.97. The number of fused-ring (bicyclic) bond motifs is 1. The van der Waals surface area contributed by atoms with Crippen LogP contribution in [0.1, 0.15) is 49.3 Å². The lowest BCUT2D eigenvalue weighted by atomic mass is 10.1. The van der Waals surface area contributed by atoms with Gasteiger partial charge in [0.1, 0.15) is 5.52 Å². The molecule has 8 nitrogen and oxygen atoms in total. The van der Waals surface area contributed by atoms with Crippen LogP contribution in [-0.2, 0) is 4.79 Å². The Bertz CT molecular complexity index is 1240. The van der Waals surface area contributed by atoms with Crippen molar-refractivity contribution >= 4 is 28.4 Å². The van der Waals surface area contributed by atoms with Crippen molar-refractivity contribution in [2.45, 2.75) is 38.1 Å². The average molecular weight is 399 g/mol. The Morgan fingerprint density at radius 2 is 2.10 bits per heavy atom. The van der Waals surface area contributed by atoms with Gasteiger partial charge in [-0.3, -0.25) is 9.48 Å². The van der Waals surface area contributed by atoms with Crippen LogP contribution in [0, 0.1) is 23.2 Å². The van der Waals surface area contributed by atoms with Gasteiger partial charge in [-0.2, -0.15) is 5.10 Å². The quantitative estimate of drug-likeness (QED) is 0.655. The minimum absolute atomic E-state index is 0.0000970. The van der Waals surface area contributed by atoms with Gasteiger partial charge in [0.15, 0.2) is 11.6 Å². The van der Waals surface area contributed by atoms with Gasteiger partial charge in [-0.05, 0) is 43.6 Å². The zero-order valence-corrected chi connectivity index (χ0v) is 16.6. The Hall–Kier alpha value is -3.47. The van der Waals surface area contributed by atoms with Crippen molar-refractivity contribution in [3.05, 3.63) is 35.8 Å². The van der Waals surface area contributed by atoms with Crippen LogP contribution in [-0.4, -0.2) is 37.9 Å². The molecule has 3 saturated carbocycles. The molecule has 3 fully saturated rings. The first-order chi connectivity index (χ1) is 14.6. The first-order valence-electron chi connectivity index (χ1n) is 10.4. The summed E-state index contributed by atoms with van der Waals surface area (Å²) in [6.07, 6.45) is 11.3. The summed E-state index contributed by atoms with van der Waals surface area (Å²) in [6.45, 7) is 0. The molecular weight excluding hydrogens is 378 g/mol. The van der Waals surface area contributed by atoms with Crippen LogP contribution in [0.15, 0.2) is 24.7 Å². The second kappa shape index (κ2) is 6.26. The van der Waals surface area contributed by atoms with E-state index in [0.717, 1.165) is 29.4 Å². The minimum atomic E-state index is 0.0000970. The van der Waals surface area contributed by atoms with E-state index in [9.17, 15) is 4.79 Å². The number of carbonyl (C=O) groups excluding carboxylic acids is 1. The molecule has 3 aliphatic carbocycles. The fourth-order valence-electron chi connectivity index (χ4n) is 4.06. The van der Waals surface area contributed by atoms with Crippen molar-refractivity contribution in [2.24, 2.45) is 11.3 Å². The van der Waals surface area contributed by atoms with E-state index in [1.54, 1.807) is 13.2 Å². The summed E-state index contributed by atoms with van der Waals surface area (Å²) in [6, 6.07) is 2.37. The molecule has 0 saturated heterocycles. The monoisotopic (exact) mass is 399 g/mol. The van der Waals surface area contributed by atoms with Crippen LogP contribution in [0.2, 0.25) is 0 Å². The lowest BCUT2D eigenvalue weighted by molar-refractivity contribution is -0.117. The molecule has 3 aliphatic rings. The van der Waals surface area contributed by atoms with E-state index in [1.807, 2.05) is 18.5 Å². The van der Waals surface area contributed by atoms with E-state index in [4.69, 9.17) is 0 Å². The normalized spacial score (nSPS) is 20.5. The topological polar surface area (TPSA) is 97.6 Å². The molecule has 150 valence electrons. The number of aromatic nitrogens is 5. The van der Waals surface area contributed by atoms with Gasteiger partial charge in [-0.25, -0.2) is 4.98 Å². The van der Waals surface area contributed by atoms with Gasteiger partial charge in [0.2, 0.25) is 5.91 Å². The maximum atomic E-state index is 12.1. The van der Waals surface area contributed by atoms with Crippen molar-refractivity contribution in [1.82, 2.24) is 25.0 Å². The molecule has 6 rings (SSSR count). The summed E-state index contributed by atoms with van der Waals surface area (Å²) in [5, 5.41) is 19.6. The number of nitrogens with zero attached hydrogens (tertiary/aromatic N) is 5. The number of anilines is 2. The summed E-state index contributed by atoms with van der Waals surface area (Å²) in [7, 11) is 1.79. The molecule has 1 unspecified atom stereocenters. The van der Waals surface area contributed by atoms with Crippen molar-refractivity contribution in [2.75, 3.05) is 17.7 Å². The van der Waals surface area contributed by atoms with E-state index < -0.39 is 0 Å². The van der Waals surface area contributed by atoms with Crippen molar-refractivity contribution in [3.8, 4) is 11.8 Å². The third kappa shape index (κ3) is 2.98. The predicted molar refractivity (Wildman–Crippen MR) is 112 cm³/mol. The van der Waals surface area contributed by atoms with E-state index in [2.05, 4.69) is 47.4 Å². The molecule has 1 atom stereocenters. The summed E-state index contributed by atoms with van der Waals surface area (Å²) < 4.78 is 2.06. The summed E-state index contributed by atoms with van der Waals surface area (Å²) in [4.78, 5) is 16.5. The van der Waals surface area contributed by atoms with E-state index in [1.165, 1.54) is 19.3 Å². The van der Waals surface area contributed by atoms with Gasteiger partial charge in [-0.15, -0.1) is 10.2 Å². The third-order valence-electron chi connectivity index (χ3n) is 6.37. The molecule has 0 radical (unpaired) electrons. The van der Waals surface area contributed by atoms with E-state index in [-0.39, 0.29) is 11.8 Å². The molecule has 3 aromatic heterocycles. The van der Waals surface area contributed by atoms with E-state index >= 15 is 0 Å². The average Bonchev–Trinajstić information content (AvgIpc) is 3.69. The molecule has 1 spiro atoms. The first-order valence-corrected chi connectivity index (χ1v) is 10.4. The number of carbonyl (C=O) groups is 1. The highest BCUT2D eigenvalue weighted by atomic mass is 16.2. The molecule has 3 heterocycles. The number of pyridine rings is 1. The predicted octanol–water partition coefficient (Wildman–Crippen LogP) is 2.74. The van der Waals surface area contributed by atoms with Crippen LogP contribution < -0.4 is 10.6 Å². The highest BCUT2D eigenvalue weighted by Gasteiger charge is 2.64. The molecule has 1 amide bonds. The van der Waals surface area contributed by atoms with E-state index in [0.29, 0.717) is 28.6 Å². The SMILES string of the molecule is CNc1ncc(C#Cc2cnn(C3CC34CC4)c2)c2cc(NC(=O)C3CC3)nnc12. The smallest absolute Gasteiger partial charge is 0.228 e. The van der Waals surface area contributed by atoms with Crippen molar-refractivity contribution in [3.63, 3.8) is 0 Å². The molecule has 2 N–H and O–H groups in total. The van der Waals surface area contributed by atoms with Gasteiger partial charge >= 0.3 is 0 Å². The number of rotatable bonds is 4. The first kappa shape index (κ1) is 17.4. The Labute approximate surface area is 173 Å². The molecular formula is C22H21N7O. The van der Waals surface area contributed by atoms with Crippen LogP contribution in [0.25, 0.3) is 10.9 Å². The molecule has 0 aliphatic heterocycles. The summed E-state index contributed by atoms with van der Waals surface area (Å²) in [5.41, 5.74) is 2.80. The molecule has 0 aromatic carbocycles. The molecule has 3 aromatic rings. The second-order valence-electron chi connectivity index (χ2n) is 8.57. The second-order valence-corrected chi connectivity index (χ2v) is 8.57. The maximum Gasteiger partial charge on any atom is 0.228 e. The highest BCUT2D eigenvalue weighted by Crippen LogP contribution is 2.72. The zero-order valence-electron chi connectivity index (χ0n) is 16.6. The van der Waals surface area contributed by atoms with Crippen LogP contribution in [0.4, 0.5) is 11.6 Å². The number of hydrogen-bond acceptors (Lipinski definition) is 6. The van der Waals surface area contributed by atoms with Crippen LogP contribution in [0.3, 0.4) is 0 Å². The lowest BCUT2D eigenvalue weighted by Gasteiger charge is -2.08. The largest absolute Gasteiger partial charge is 0.371 e. The Kier molecular flexibility index (Phi) is 3.63. The lowest BCUT2D eigenvalue weighted by Crippen LogP contribution is -2.15. The van der Waals surface area contributed by atoms with Gasteiger partial charge in [-0.1, -0.05) is 11.8 Å². The Morgan fingerprint density at radius 3 is 2.83 bits per heavy atom. The minimum Gasteiger partial charge on any atom is -0.371 e. The van der Waals surface area contributed by atoms with Crippen molar-refractivity contribution in [1.29, 1.82) is 0 Å². The summed E-state index contributed by atoms with van der Waals surface area (Å²) >= 11 is 0. The van der Waals surface area contributed by atoms with Gasteiger partial charge in [0.05, 0.1) is 23.4 Å². The van der Waals surface area contributed by atoms with Crippen LogP contribution >= 0.6 is 0 Å². The standard InChI is InChI=1S/C22H21N7O/c1-23-20-19-16(8-18(27-28-19)26-21(30)14-4-5-14)15(11-24-20)3-2-13-10-25-29(12-13)17-9-22(17)6-7-22/h8,10-12,14,17H,4-7,9H2,1H3,(H,23,24)(H,26,27,30). The van der Waals surface area contributed by atoms with Gasteiger partial charge in [0.25, 0.3) is 0 Å². The summed E-state index contributed by atoms with van der Waals surface area (Å²) in [5.74, 6) is 7.57. The molecule has 8 heteroatoms. The Balaban J connectivity index is 1.33. The number of nitrogens with one attached hydrogen (secondary N) is 2. The zero-order chi connectivity index (χ0) is 20.3. The van der Waals surface area contributed by atoms with Crippen LogP contribution in [0.5, 0.6) is 0 Å². The third-order valence-corrected chi connectivity index (χ3v) is 6.37. The Morgan fingerprint density at radius 1 is 1.23 bits per heavy atom. The number of hydrogen-bond donors (Lipinski definition) is 2. The molecule has 30 heavy (non-hydrogen) atoms. The van der Waals surface area contributed by atoms with Gasteiger partial charge < -0.3 is 10.6 Å². The fraction of sp³-hybridized carbons (Fsp3) is 0.409. The number of amides is 1. The van der Waals surface area contributed by atoms with Gasteiger partial charge in [0, 0.05) is 30.7 Å². The fourth-order valence-corrected chi connectivity index (χ4v) is 4.06. The maximum absolute atomic E-state index is 12.1. The van der Waals surface area contributed by atoms with Crippen molar-refractivity contribution < 1.29 is 4.79 Å². The molecule has 0 bridgehead atoms.